The molecule has 0 saturated carbocycles. The van der Waals surface area contributed by atoms with Crippen LogP contribution in [0.4, 0.5) is 10.1 Å². The normalized spacial score (nSPS) is 10.5. The van der Waals surface area contributed by atoms with E-state index in [9.17, 15) is 4.39 Å². The van der Waals surface area contributed by atoms with Crippen molar-refractivity contribution in [3.8, 4) is 0 Å². The molecule has 0 fully saturated rings. The van der Waals surface area contributed by atoms with Crippen LogP contribution in [0.25, 0.3) is 0 Å². The van der Waals surface area contributed by atoms with Gasteiger partial charge in [-0.05, 0) is 17.7 Å². The van der Waals surface area contributed by atoms with Crippen molar-refractivity contribution in [1.29, 1.82) is 0 Å². The molecular formula is C13H11ClFNS. The molecule has 0 aliphatic heterocycles. The largest absolute Gasteiger partial charge is 0.398 e. The van der Waals surface area contributed by atoms with Crippen molar-refractivity contribution in [3.05, 3.63) is 58.9 Å². The van der Waals surface area contributed by atoms with Gasteiger partial charge in [0.2, 0.25) is 0 Å². The first-order valence-electron chi connectivity index (χ1n) is 5.08. The maximum atomic E-state index is 13.1. The Kier molecular flexibility index (Phi) is 3.92. The number of hydrogen-bond donors (Lipinski definition) is 1. The van der Waals surface area contributed by atoms with E-state index in [0.29, 0.717) is 5.69 Å². The summed E-state index contributed by atoms with van der Waals surface area (Å²) in [6.07, 6.45) is 0. The summed E-state index contributed by atoms with van der Waals surface area (Å²) in [6.45, 7) is 0. The zero-order chi connectivity index (χ0) is 12.3. The molecule has 0 aliphatic carbocycles. The summed E-state index contributed by atoms with van der Waals surface area (Å²) < 4.78 is 13.1. The standard InChI is InChI=1S/C13H11ClFNS/c14-10-6-13(12(16)7-11(10)15)17-8-9-4-2-1-3-5-9/h1-7H,8,16H2. The van der Waals surface area contributed by atoms with Gasteiger partial charge >= 0.3 is 0 Å². The van der Waals surface area contributed by atoms with E-state index in [4.69, 9.17) is 17.3 Å². The third-order valence-corrected chi connectivity index (χ3v) is 3.72. The van der Waals surface area contributed by atoms with Crippen LogP contribution in [0.3, 0.4) is 0 Å². The third-order valence-electron chi connectivity index (χ3n) is 2.29. The van der Waals surface area contributed by atoms with Crippen molar-refractivity contribution in [3.63, 3.8) is 0 Å². The van der Waals surface area contributed by atoms with Crippen LogP contribution in [0.15, 0.2) is 47.4 Å². The number of anilines is 1. The molecule has 2 aromatic carbocycles. The number of thioether (sulfide) groups is 1. The average molecular weight is 268 g/mol. The summed E-state index contributed by atoms with van der Waals surface area (Å²) in [7, 11) is 0. The Morgan fingerprint density at radius 2 is 1.88 bits per heavy atom. The number of halogens is 2. The number of hydrogen-bond acceptors (Lipinski definition) is 2. The highest BCUT2D eigenvalue weighted by Gasteiger charge is 2.06. The quantitative estimate of drug-likeness (QED) is 0.661. The van der Waals surface area contributed by atoms with Crippen LogP contribution in [0.2, 0.25) is 5.02 Å². The molecule has 1 nitrogen and oxygen atoms in total. The van der Waals surface area contributed by atoms with Gasteiger partial charge in [-0.15, -0.1) is 11.8 Å². The molecular weight excluding hydrogens is 257 g/mol. The van der Waals surface area contributed by atoms with Gasteiger partial charge in [-0.25, -0.2) is 4.39 Å². The predicted molar refractivity (Wildman–Crippen MR) is 71.8 cm³/mol. The van der Waals surface area contributed by atoms with Crippen LogP contribution >= 0.6 is 23.4 Å². The monoisotopic (exact) mass is 267 g/mol. The van der Waals surface area contributed by atoms with E-state index in [0.717, 1.165) is 10.6 Å². The maximum absolute atomic E-state index is 13.1. The van der Waals surface area contributed by atoms with Crippen molar-refractivity contribution in [2.45, 2.75) is 10.6 Å². The van der Waals surface area contributed by atoms with Crippen LogP contribution in [0, 0.1) is 5.82 Å². The molecule has 0 radical (unpaired) electrons. The van der Waals surface area contributed by atoms with Gasteiger partial charge in [-0.2, -0.15) is 0 Å². The lowest BCUT2D eigenvalue weighted by Crippen LogP contribution is -1.91. The second-order valence-corrected chi connectivity index (χ2v) is 5.00. The number of rotatable bonds is 3. The molecule has 0 aromatic heterocycles. The zero-order valence-corrected chi connectivity index (χ0v) is 10.6. The Bertz CT molecular complexity index is 516. The van der Waals surface area contributed by atoms with Crippen molar-refractivity contribution in [2.75, 3.05) is 5.73 Å². The second-order valence-electron chi connectivity index (χ2n) is 3.58. The highest BCUT2D eigenvalue weighted by molar-refractivity contribution is 7.98. The number of benzene rings is 2. The molecule has 0 spiro atoms. The van der Waals surface area contributed by atoms with Crippen molar-refractivity contribution < 1.29 is 4.39 Å². The summed E-state index contributed by atoms with van der Waals surface area (Å²) in [6, 6.07) is 12.8. The topological polar surface area (TPSA) is 26.0 Å². The summed E-state index contributed by atoms with van der Waals surface area (Å²) in [5.74, 6) is 0.306. The van der Waals surface area contributed by atoms with Gasteiger partial charge in [0.05, 0.1) is 5.02 Å². The second kappa shape index (κ2) is 5.43. The van der Waals surface area contributed by atoms with Gasteiger partial charge in [0.25, 0.3) is 0 Å². The summed E-state index contributed by atoms with van der Waals surface area (Å²) in [5, 5.41) is 0.106. The van der Waals surface area contributed by atoms with Crippen LogP contribution in [-0.2, 0) is 5.75 Å². The fourth-order valence-corrected chi connectivity index (χ4v) is 2.57. The Balaban J connectivity index is 2.12. The molecule has 2 aromatic rings. The fraction of sp³-hybridized carbons (Fsp3) is 0.0769. The third kappa shape index (κ3) is 3.14. The van der Waals surface area contributed by atoms with Crippen molar-refractivity contribution in [2.24, 2.45) is 0 Å². The smallest absolute Gasteiger partial charge is 0.143 e. The Morgan fingerprint density at radius 1 is 1.18 bits per heavy atom. The lowest BCUT2D eigenvalue weighted by molar-refractivity contribution is 0.628. The molecule has 0 aliphatic rings. The van der Waals surface area contributed by atoms with Gasteiger partial charge in [0.1, 0.15) is 5.82 Å². The van der Waals surface area contributed by atoms with E-state index in [2.05, 4.69) is 0 Å². The van der Waals surface area contributed by atoms with E-state index >= 15 is 0 Å². The van der Waals surface area contributed by atoms with Crippen molar-refractivity contribution >= 4 is 29.1 Å². The molecule has 0 bridgehead atoms. The Morgan fingerprint density at radius 3 is 2.59 bits per heavy atom. The van der Waals surface area contributed by atoms with Gasteiger partial charge in [0.15, 0.2) is 0 Å². The highest BCUT2D eigenvalue weighted by atomic mass is 35.5. The van der Waals surface area contributed by atoms with Crippen LogP contribution in [0.5, 0.6) is 0 Å². The molecule has 0 amide bonds. The van der Waals surface area contributed by atoms with Gasteiger partial charge in [-0.1, -0.05) is 41.9 Å². The summed E-state index contributed by atoms with van der Waals surface area (Å²) >= 11 is 7.27. The van der Waals surface area contributed by atoms with E-state index < -0.39 is 5.82 Å². The minimum absolute atomic E-state index is 0.106. The average Bonchev–Trinajstić information content (AvgIpc) is 2.33. The summed E-state index contributed by atoms with van der Waals surface area (Å²) in [4.78, 5) is 0.806. The maximum Gasteiger partial charge on any atom is 0.143 e. The first-order chi connectivity index (χ1) is 8.16. The minimum Gasteiger partial charge on any atom is -0.398 e. The van der Waals surface area contributed by atoms with Crippen molar-refractivity contribution in [1.82, 2.24) is 0 Å². The van der Waals surface area contributed by atoms with E-state index in [1.54, 1.807) is 17.8 Å². The first kappa shape index (κ1) is 12.3. The molecule has 2 N–H and O–H groups in total. The van der Waals surface area contributed by atoms with Crippen LogP contribution in [-0.4, -0.2) is 0 Å². The Labute approximate surface area is 109 Å². The van der Waals surface area contributed by atoms with Gasteiger partial charge in [-0.3, -0.25) is 0 Å². The zero-order valence-electron chi connectivity index (χ0n) is 8.99. The molecule has 4 heteroatoms. The van der Waals surface area contributed by atoms with E-state index in [-0.39, 0.29) is 5.02 Å². The number of nitrogens with two attached hydrogens (primary N) is 1. The molecule has 88 valence electrons. The molecule has 0 atom stereocenters. The SMILES string of the molecule is Nc1cc(F)c(Cl)cc1SCc1ccccc1. The fourth-order valence-electron chi connectivity index (χ4n) is 1.40. The lowest BCUT2D eigenvalue weighted by Gasteiger charge is -2.06. The molecule has 0 heterocycles. The van der Waals surface area contributed by atoms with Crippen LogP contribution in [0.1, 0.15) is 5.56 Å². The van der Waals surface area contributed by atoms with E-state index in [1.807, 2.05) is 30.3 Å². The minimum atomic E-state index is -0.478. The molecule has 2 rings (SSSR count). The molecule has 17 heavy (non-hydrogen) atoms. The predicted octanol–water partition coefficient (Wildman–Crippen LogP) is 4.35. The number of nitrogen functional groups attached to an aromatic ring is 1. The van der Waals surface area contributed by atoms with E-state index in [1.165, 1.54) is 11.6 Å². The van der Waals surface area contributed by atoms with Crippen LogP contribution < -0.4 is 5.73 Å². The van der Waals surface area contributed by atoms with Gasteiger partial charge in [0, 0.05) is 16.3 Å². The van der Waals surface area contributed by atoms with Gasteiger partial charge < -0.3 is 5.73 Å². The Hall–Kier alpha value is -1.19. The lowest BCUT2D eigenvalue weighted by atomic mass is 10.2. The summed E-state index contributed by atoms with van der Waals surface area (Å²) in [5.41, 5.74) is 7.35. The molecule has 0 unspecified atom stereocenters. The first-order valence-corrected chi connectivity index (χ1v) is 6.44. The molecule has 0 saturated heterocycles. The highest BCUT2D eigenvalue weighted by Crippen LogP contribution is 2.32.